The lowest BCUT2D eigenvalue weighted by molar-refractivity contribution is -0.154. The van der Waals surface area contributed by atoms with Crippen molar-refractivity contribution in [2.24, 2.45) is 23.5 Å². The zero-order valence-electron chi connectivity index (χ0n) is 11.1. The molecule has 2 amide bonds. The van der Waals surface area contributed by atoms with E-state index >= 15 is 0 Å². The molecule has 0 aromatic heterocycles. The summed E-state index contributed by atoms with van der Waals surface area (Å²) in [5, 5.41) is 0. The monoisotopic (exact) mass is 268 g/mol. The summed E-state index contributed by atoms with van der Waals surface area (Å²) in [5.41, 5.74) is 5.23. The molecule has 0 bridgehead atoms. The fourth-order valence-electron chi connectivity index (χ4n) is 2.40. The van der Waals surface area contributed by atoms with Crippen LogP contribution in [0.5, 0.6) is 0 Å². The van der Waals surface area contributed by atoms with Gasteiger partial charge in [0.05, 0.1) is 5.92 Å². The molecular weight excluding hydrogens is 248 g/mol. The van der Waals surface area contributed by atoms with Gasteiger partial charge in [-0.2, -0.15) is 0 Å². The number of amides is 2. The Bertz CT molecular complexity index is 388. The molecule has 1 heterocycles. The molecule has 1 aliphatic carbocycles. The fourth-order valence-corrected chi connectivity index (χ4v) is 2.40. The number of carbonyl (C=O) groups is 3. The number of hydrogen-bond acceptors (Lipinski definition) is 4. The van der Waals surface area contributed by atoms with Crippen LogP contribution in [0, 0.1) is 17.8 Å². The number of nitrogens with two attached hydrogens (primary N) is 1. The molecule has 2 rings (SSSR count). The topological polar surface area (TPSA) is 89.7 Å². The second-order valence-electron chi connectivity index (χ2n) is 5.48. The second-order valence-corrected chi connectivity index (χ2v) is 5.48. The van der Waals surface area contributed by atoms with Crippen LogP contribution in [0.4, 0.5) is 0 Å². The highest BCUT2D eigenvalue weighted by Gasteiger charge is 2.40. The predicted molar refractivity (Wildman–Crippen MR) is 66.7 cm³/mol. The molecular formula is C13H20N2O4. The number of carbonyl (C=O) groups excluding carboxylic acids is 3. The summed E-state index contributed by atoms with van der Waals surface area (Å²) in [6.07, 6.45) is 2.04. The zero-order chi connectivity index (χ0) is 14.0. The van der Waals surface area contributed by atoms with Crippen LogP contribution in [0.25, 0.3) is 0 Å². The van der Waals surface area contributed by atoms with E-state index in [1.54, 1.807) is 4.90 Å². The van der Waals surface area contributed by atoms with Gasteiger partial charge in [0.25, 0.3) is 5.91 Å². The van der Waals surface area contributed by atoms with Crippen molar-refractivity contribution in [3.05, 3.63) is 0 Å². The van der Waals surface area contributed by atoms with E-state index in [-0.39, 0.29) is 36.2 Å². The summed E-state index contributed by atoms with van der Waals surface area (Å²) >= 11 is 0. The van der Waals surface area contributed by atoms with Crippen molar-refractivity contribution < 1.29 is 19.1 Å². The Kier molecular flexibility index (Phi) is 4.07. The molecule has 2 N–H and O–H groups in total. The molecule has 6 heteroatoms. The first-order chi connectivity index (χ1) is 8.99. The highest BCUT2D eigenvalue weighted by atomic mass is 16.5. The highest BCUT2D eigenvalue weighted by Crippen LogP contribution is 2.38. The smallest absolute Gasteiger partial charge is 0.309 e. The summed E-state index contributed by atoms with van der Waals surface area (Å²) in [4.78, 5) is 36.0. The molecule has 0 aromatic rings. The summed E-state index contributed by atoms with van der Waals surface area (Å²) in [5.74, 6) is -0.542. The normalized spacial score (nSPS) is 26.9. The van der Waals surface area contributed by atoms with Gasteiger partial charge in [-0.15, -0.1) is 0 Å². The lowest BCUT2D eigenvalue weighted by Gasteiger charge is -2.30. The maximum absolute atomic E-state index is 11.8. The van der Waals surface area contributed by atoms with Crippen LogP contribution in [-0.4, -0.2) is 42.4 Å². The maximum atomic E-state index is 11.8. The summed E-state index contributed by atoms with van der Waals surface area (Å²) in [7, 11) is 0. The van der Waals surface area contributed by atoms with E-state index in [0.29, 0.717) is 31.8 Å². The average Bonchev–Trinajstić information content (AvgIpc) is 3.13. The first-order valence-electron chi connectivity index (χ1n) is 6.72. The zero-order valence-corrected chi connectivity index (χ0v) is 11.1. The molecule has 1 saturated carbocycles. The first kappa shape index (κ1) is 13.8. The third-order valence-electron chi connectivity index (χ3n) is 4.00. The third kappa shape index (κ3) is 3.45. The molecule has 1 saturated heterocycles. The van der Waals surface area contributed by atoms with Crippen LogP contribution in [-0.2, 0) is 19.1 Å². The maximum Gasteiger partial charge on any atom is 0.309 e. The van der Waals surface area contributed by atoms with Crippen molar-refractivity contribution in [2.45, 2.75) is 26.2 Å². The Morgan fingerprint density at radius 2 is 1.84 bits per heavy atom. The summed E-state index contributed by atoms with van der Waals surface area (Å²) in [6, 6.07) is 0. The number of esters is 1. The molecule has 0 spiro atoms. The van der Waals surface area contributed by atoms with Crippen molar-refractivity contribution >= 4 is 17.8 Å². The van der Waals surface area contributed by atoms with Crippen LogP contribution in [0.1, 0.15) is 26.2 Å². The van der Waals surface area contributed by atoms with Crippen LogP contribution in [0.15, 0.2) is 0 Å². The van der Waals surface area contributed by atoms with Gasteiger partial charge in [0.1, 0.15) is 0 Å². The lowest BCUT2D eigenvalue weighted by Crippen LogP contribution is -2.43. The molecule has 2 aliphatic rings. The predicted octanol–water partition coefficient (Wildman–Crippen LogP) is -0.0905. The van der Waals surface area contributed by atoms with Gasteiger partial charge in [-0.1, -0.05) is 6.92 Å². The second kappa shape index (κ2) is 5.59. The summed E-state index contributed by atoms with van der Waals surface area (Å²) < 4.78 is 5.00. The Labute approximate surface area is 112 Å². The van der Waals surface area contributed by atoms with E-state index in [2.05, 4.69) is 0 Å². The standard InChI is InChI=1S/C13H20N2O4/c1-8-6-10(8)13(18)19-7-11(16)15-4-2-9(3-5-15)12(14)17/h8-10H,2-7H2,1H3,(H2,14,17). The average molecular weight is 268 g/mol. The third-order valence-corrected chi connectivity index (χ3v) is 4.00. The number of ether oxygens (including phenoxy) is 1. The molecule has 0 aromatic carbocycles. The Morgan fingerprint density at radius 3 is 2.32 bits per heavy atom. The van der Waals surface area contributed by atoms with Gasteiger partial charge in [0.15, 0.2) is 6.61 Å². The molecule has 6 nitrogen and oxygen atoms in total. The number of hydrogen-bond donors (Lipinski definition) is 1. The van der Waals surface area contributed by atoms with Crippen molar-refractivity contribution in [1.29, 1.82) is 0 Å². The van der Waals surface area contributed by atoms with Gasteiger partial charge < -0.3 is 15.4 Å². The van der Waals surface area contributed by atoms with Crippen LogP contribution >= 0.6 is 0 Å². The van der Waals surface area contributed by atoms with Gasteiger partial charge in [-0.05, 0) is 25.2 Å². The van der Waals surface area contributed by atoms with Crippen molar-refractivity contribution in [2.75, 3.05) is 19.7 Å². The van der Waals surface area contributed by atoms with E-state index in [4.69, 9.17) is 10.5 Å². The molecule has 2 fully saturated rings. The van der Waals surface area contributed by atoms with Crippen LogP contribution < -0.4 is 5.73 Å². The summed E-state index contributed by atoms with van der Waals surface area (Å²) in [6.45, 7) is 2.80. The van der Waals surface area contributed by atoms with Gasteiger partial charge in [-0.25, -0.2) is 0 Å². The van der Waals surface area contributed by atoms with E-state index in [1.807, 2.05) is 6.92 Å². The van der Waals surface area contributed by atoms with Gasteiger partial charge in [-0.3, -0.25) is 14.4 Å². The van der Waals surface area contributed by atoms with Crippen molar-refractivity contribution in [3.63, 3.8) is 0 Å². The minimum atomic E-state index is -0.304. The molecule has 19 heavy (non-hydrogen) atoms. The fraction of sp³-hybridized carbons (Fsp3) is 0.769. The molecule has 2 atom stereocenters. The molecule has 1 aliphatic heterocycles. The van der Waals surface area contributed by atoms with Gasteiger partial charge in [0.2, 0.25) is 5.91 Å². The Morgan fingerprint density at radius 1 is 1.26 bits per heavy atom. The quantitative estimate of drug-likeness (QED) is 0.721. The molecule has 2 unspecified atom stereocenters. The highest BCUT2D eigenvalue weighted by molar-refractivity contribution is 5.83. The minimum absolute atomic E-state index is 0.0200. The number of nitrogens with zero attached hydrogens (tertiary/aromatic N) is 1. The Balaban J connectivity index is 1.69. The number of primary amides is 1. The lowest BCUT2D eigenvalue weighted by atomic mass is 9.96. The number of likely N-dealkylation sites (tertiary alicyclic amines) is 1. The molecule has 106 valence electrons. The Hall–Kier alpha value is -1.59. The first-order valence-corrected chi connectivity index (χ1v) is 6.72. The number of piperidine rings is 1. The number of rotatable bonds is 4. The van der Waals surface area contributed by atoms with Gasteiger partial charge in [0, 0.05) is 19.0 Å². The van der Waals surface area contributed by atoms with E-state index in [1.165, 1.54) is 0 Å². The minimum Gasteiger partial charge on any atom is -0.455 e. The SMILES string of the molecule is CC1CC1C(=O)OCC(=O)N1CCC(C(N)=O)CC1. The van der Waals surface area contributed by atoms with Crippen molar-refractivity contribution in [3.8, 4) is 0 Å². The van der Waals surface area contributed by atoms with Crippen LogP contribution in [0.3, 0.4) is 0 Å². The van der Waals surface area contributed by atoms with Crippen molar-refractivity contribution in [1.82, 2.24) is 4.90 Å². The van der Waals surface area contributed by atoms with E-state index in [9.17, 15) is 14.4 Å². The van der Waals surface area contributed by atoms with Crippen LogP contribution in [0.2, 0.25) is 0 Å². The van der Waals surface area contributed by atoms with E-state index in [0.717, 1.165) is 6.42 Å². The van der Waals surface area contributed by atoms with Gasteiger partial charge >= 0.3 is 5.97 Å². The largest absolute Gasteiger partial charge is 0.455 e. The molecule has 0 radical (unpaired) electrons. The van der Waals surface area contributed by atoms with E-state index < -0.39 is 0 Å².